The van der Waals surface area contributed by atoms with Gasteiger partial charge in [0.05, 0.1) is 23.8 Å². The van der Waals surface area contributed by atoms with Crippen molar-refractivity contribution in [1.29, 1.82) is 0 Å². The largest absolute Gasteiger partial charge is 0.289 e. The lowest BCUT2D eigenvalue weighted by Gasteiger charge is -2.16. The predicted octanol–water partition coefficient (Wildman–Crippen LogP) is 2.49. The summed E-state index contributed by atoms with van der Waals surface area (Å²) in [5.41, 5.74) is 2.97. The second kappa shape index (κ2) is 6.17. The van der Waals surface area contributed by atoms with Crippen molar-refractivity contribution in [2.45, 2.75) is 19.3 Å². The van der Waals surface area contributed by atoms with Gasteiger partial charge in [-0.25, -0.2) is 0 Å². The summed E-state index contributed by atoms with van der Waals surface area (Å²) in [6.07, 6.45) is 15.9. The molecule has 1 aliphatic rings. The minimum Gasteiger partial charge on any atom is -0.289 e. The summed E-state index contributed by atoms with van der Waals surface area (Å²) in [7, 11) is 0. The zero-order valence-corrected chi connectivity index (χ0v) is 11.4. The lowest BCUT2D eigenvalue weighted by molar-refractivity contribution is -0.112. The number of hydrogen-bond acceptors (Lipinski definition) is 5. The van der Waals surface area contributed by atoms with Gasteiger partial charge < -0.3 is 0 Å². The van der Waals surface area contributed by atoms with Gasteiger partial charge in [-0.1, -0.05) is 0 Å². The minimum absolute atomic E-state index is 0.0672. The van der Waals surface area contributed by atoms with E-state index in [2.05, 4.69) is 19.9 Å². The molecule has 3 rings (SSSR count). The van der Waals surface area contributed by atoms with E-state index in [0.29, 0.717) is 11.4 Å². The number of allylic oxidation sites excluding steroid dienone is 2. The van der Waals surface area contributed by atoms with Crippen molar-refractivity contribution in [2.75, 3.05) is 0 Å². The van der Waals surface area contributed by atoms with Gasteiger partial charge in [0.2, 0.25) is 0 Å². The average Bonchev–Trinajstić information content (AvgIpc) is 2.53. The first-order chi connectivity index (χ1) is 10.3. The third-order valence-electron chi connectivity index (χ3n) is 3.29. The van der Waals surface area contributed by atoms with Gasteiger partial charge in [0.25, 0.3) is 0 Å². The molecular formula is C16H14N4O. The lowest BCUT2D eigenvalue weighted by Crippen LogP contribution is -2.12. The number of rotatable bonds is 2. The molecule has 104 valence electrons. The highest BCUT2D eigenvalue weighted by Crippen LogP contribution is 2.27. The summed E-state index contributed by atoms with van der Waals surface area (Å²) in [6, 6.07) is 0. The number of carbonyl (C=O) groups excluding carboxylic acids is 1. The van der Waals surface area contributed by atoms with Crippen molar-refractivity contribution < 1.29 is 4.79 Å². The van der Waals surface area contributed by atoms with E-state index in [1.54, 1.807) is 37.2 Å². The summed E-state index contributed by atoms with van der Waals surface area (Å²) in [5.74, 6) is 0.0672. The predicted molar refractivity (Wildman–Crippen MR) is 78.9 cm³/mol. The van der Waals surface area contributed by atoms with E-state index in [1.165, 1.54) is 0 Å². The number of hydrogen-bond donors (Lipinski definition) is 0. The molecule has 5 heteroatoms. The van der Waals surface area contributed by atoms with Crippen molar-refractivity contribution in [3.05, 3.63) is 59.7 Å². The molecule has 5 nitrogen and oxygen atoms in total. The fourth-order valence-corrected chi connectivity index (χ4v) is 2.31. The van der Waals surface area contributed by atoms with Crippen LogP contribution in [-0.4, -0.2) is 25.7 Å². The molecular weight excluding hydrogens is 264 g/mol. The monoisotopic (exact) mass is 278 g/mol. The molecule has 1 aliphatic carbocycles. The van der Waals surface area contributed by atoms with Gasteiger partial charge in [0.15, 0.2) is 5.78 Å². The minimum atomic E-state index is 0.0672. The van der Waals surface area contributed by atoms with Gasteiger partial charge in [0.1, 0.15) is 0 Å². The quantitative estimate of drug-likeness (QED) is 0.789. The fourth-order valence-electron chi connectivity index (χ4n) is 2.31. The van der Waals surface area contributed by atoms with E-state index in [1.807, 2.05) is 12.2 Å². The van der Waals surface area contributed by atoms with E-state index in [9.17, 15) is 4.79 Å². The molecule has 21 heavy (non-hydrogen) atoms. The molecule has 0 atom stereocenters. The fraction of sp³-hybridized carbons (Fsp3) is 0.188. The highest BCUT2D eigenvalue weighted by atomic mass is 16.1. The van der Waals surface area contributed by atoms with Crippen molar-refractivity contribution in [3.63, 3.8) is 0 Å². The van der Waals surface area contributed by atoms with E-state index in [0.717, 1.165) is 30.4 Å². The highest BCUT2D eigenvalue weighted by Gasteiger charge is 2.20. The molecule has 0 bridgehead atoms. The van der Waals surface area contributed by atoms with E-state index < -0.39 is 0 Å². The van der Waals surface area contributed by atoms with Crippen molar-refractivity contribution >= 4 is 17.9 Å². The van der Waals surface area contributed by atoms with Crippen LogP contribution in [-0.2, 0) is 4.79 Å². The summed E-state index contributed by atoms with van der Waals surface area (Å²) >= 11 is 0. The molecule has 1 fully saturated rings. The first-order valence-corrected chi connectivity index (χ1v) is 6.81. The second-order valence-corrected chi connectivity index (χ2v) is 4.78. The molecule has 0 aromatic carbocycles. The first kappa shape index (κ1) is 13.3. The van der Waals surface area contributed by atoms with Crippen LogP contribution in [0.4, 0.5) is 0 Å². The Balaban J connectivity index is 1.88. The molecule has 1 saturated carbocycles. The van der Waals surface area contributed by atoms with Crippen LogP contribution in [0.5, 0.6) is 0 Å². The van der Waals surface area contributed by atoms with Crippen molar-refractivity contribution in [1.82, 2.24) is 19.9 Å². The Kier molecular flexibility index (Phi) is 3.91. The summed E-state index contributed by atoms with van der Waals surface area (Å²) in [4.78, 5) is 28.9. The summed E-state index contributed by atoms with van der Waals surface area (Å²) in [6.45, 7) is 0. The third-order valence-corrected chi connectivity index (χ3v) is 3.29. The van der Waals surface area contributed by atoms with Crippen molar-refractivity contribution in [3.8, 4) is 0 Å². The zero-order chi connectivity index (χ0) is 14.5. The molecule has 0 aliphatic heterocycles. The van der Waals surface area contributed by atoms with E-state index >= 15 is 0 Å². The Morgan fingerprint density at radius 3 is 1.76 bits per heavy atom. The molecule has 0 amide bonds. The molecule has 0 radical (unpaired) electrons. The van der Waals surface area contributed by atoms with Crippen LogP contribution in [0.1, 0.15) is 30.7 Å². The number of Topliss-reactive ketones (excluding diaryl/α,β-unsaturated/α-hetero) is 1. The zero-order valence-electron chi connectivity index (χ0n) is 11.4. The third kappa shape index (κ3) is 3.25. The second-order valence-electron chi connectivity index (χ2n) is 4.78. The lowest BCUT2D eigenvalue weighted by atomic mass is 9.88. The highest BCUT2D eigenvalue weighted by molar-refractivity contribution is 6.13. The van der Waals surface area contributed by atoms with Crippen LogP contribution in [0.25, 0.3) is 12.2 Å². The van der Waals surface area contributed by atoms with Crippen LogP contribution in [0, 0.1) is 0 Å². The Hall–Kier alpha value is -2.69. The van der Waals surface area contributed by atoms with E-state index in [4.69, 9.17) is 0 Å². The Morgan fingerprint density at radius 2 is 1.33 bits per heavy atom. The Morgan fingerprint density at radius 1 is 0.810 bits per heavy atom. The topological polar surface area (TPSA) is 68.6 Å². The summed E-state index contributed by atoms with van der Waals surface area (Å²) in [5, 5.41) is 0. The maximum absolute atomic E-state index is 12.5. The Bertz CT molecular complexity index is 633. The SMILES string of the molecule is O=C1/C(=C/c2cnccn2)CCC/C1=C\c1cnccn1. The molecule has 0 unspecified atom stereocenters. The number of aromatic nitrogens is 4. The van der Waals surface area contributed by atoms with Crippen molar-refractivity contribution in [2.24, 2.45) is 0 Å². The van der Waals surface area contributed by atoms with Crippen LogP contribution in [0.3, 0.4) is 0 Å². The summed E-state index contributed by atoms with van der Waals surface area (Å²) < 4.78 is 0. The molecule has 0 spiro atoms. The first-order valence-electron chi connectivity index (χ1n) is 6.81. The van der Waals surface area contributed by atoms with E-state index in [-0.39, 0.29) is 5.78 Å². The van der Waals surface area contributed by atoms with Crippen LogP contribution >= 0.6 is 0 Å². The Labute approximate surface area is 122 Å². The van der Waals surface area contributed by atoms with Crippen LogP contribution < -0.4 is 0 Å². The number of carbonyl (C=O) groups is 1. The normalized spacial score (nSPS) is 19.1. The number of nitrogens with zero attached hydrogens (tertiary/aromatic N) is 4. The molecule has 0 N–H and O–H groups in total. The smallest absolute Gasteiger partial charge is 0.185 e. The van der Waals surface area contributed by atoms with Gasteiger partial charge in [-0.15, -0.1) is 0 Å². The molecule has 2 aromatic heterocycles. The molecule has 0 saturated heterocycles. The molecule has 2 heterocycles. The van der Waals surface area contributed by atoms with Gasteiger partial charge in [0, 0.05) is 35.9 Å². The average molecular weight is 278 g/mol. The van der Waals surface area contributed by atoms with Gasteiger partial charge >= 0.3 is 0 Å². The van der Waals surface area contributed by atoms with Gasteiger partial charge in [-0.05, 0) is 31.4 Å². The number of ketones is 1. The maximum Gasteiger partial charge on any atom is 0.185 e. The molecule has 2 aromatic rings. The van der Waals surface area contributed by atoms with Gasteiger partial charge in [-0.3, -0.25) is 24.7 Å². The standard InChI is InChI=1S/C16H14N4O/c21-16-12(8-14-10-17-4-6-19-14)2-1-3-13(16)9-15-11-18-5-7-20-15/h4-11H,1-3H2/b12-8+,13-9+. The van der Waals surface area contributed by atoms with Gasteiger partial charge in [-0.2, -0.15) is 0 Å². The maximum atomic E-state index is 12.5. The van der Waals surface area contributed by atoms with Crippen LogP contribution in [0.2, 0.25) is 0 Å². The van der Waals surface area contributed by atoms with Crippen LogP contribution in [0.15, 0.2) is 48.3 Å².